The van der Waals surface area contributed by atoms with Crippen molar-refractivity contribution in [3.8, 4) is 16.2 Å². The van der Waals surface area contributed by atoms with E-state index < -0.39 is 58.6 Å². The number of aromatic nitrogens is 4. The van der Waals surface area contributed by atoms with Gasteiger partial charge >= 0.3 is 6.18 Å². The van der Waals surface area contributed by atoms with Gasteiger partial charge in [-0.1, -0.05) is 69.7 Å². The fourth-order valence-electron chi connectivity index (χ4n) is 8.53. The van der Waals surface area contributed by atoms with Crippen molar-refractivity contribution in [3.05, 3.63) is 134 Å². The van der Waals surface area contributed by atoms with Gasteiger partial charge in [0, 0.05) is 62.0 Å². The Morgan fingerprint density at radius 2 is 1.64 bits per heavy atom. The largest absolute Gasteiger partial charge is 0.484 e. The van der Waals surface area contributed by atoms with E-state index in [0.29, 0.717) is 37.2 Å². The maximum absolute atomic E-state index is 14.0. The summed E-state index contributed by atoms with van der Waals surface area (Å²) in [6.45, 7) is 9.17. The highest BCUT2D eigenvalue weighted by Gasteiger charge is 2.44. The molecule has 3 aromatic heterocycles. The summed E-state index contributed by atoms with van der Waals surface area (Å²) < 4.78 is 47.5. The molecule has 0 saturated carbocycles. The van der Waals surface area contributed by atoms with E-state index in [4.69, 9.17) is 4.74 Å². The number of carbonyl (C=O) groups is 5. The zero-order valence-electron chi connectivity index (χ0n) is 41.0. The second kappa shape index (κ2) is 23.0. The minimum Gasteiger partial charge on any atom is -0.484 e. The molecule has 0 spiro atoms. The Balaban J connectivity index is 0.809. The van der Waals surface area contributed by atoms with Gasteiger partial charge in [-0.2, -0.15) is 13.2 Å². The molecule has 3 atom stereocenters. The molecular formula is C52H58F3N9O8S. The standard InChI is InChI=1S/C52H58F3N9O8S/c1-30-38(23-34-11-8-9-12-40(34)52(53,54)55)49(70)64-46(60-30)39(26-59-64)47(68)61-35-18-20-37(21-19-35)72-28-43(67)56-22-10-6-7-13-42(66)62-45(51(3,4)5)50(71)63-27-36(65)24-41(63)48(69)57-25-32-14-16-33(17-15-32)44-31(2)58-29-73-44/h8-9,11-12,14-21,26,29,36,41,45,59,65H,6-7,10,13,22-25,27-28H2,1-5H3,(H,56,67)(H,57,69)(H,61,68)(H,62,66)/t36-,41+,45+/m0/s1. The fraction of sp³-hybridized carbons (Fsp3) is 0.385. The maximum atomic E-state index is 14.0. The Kier molecular flexibility index (Phi) is 16.8. The molecule has 7 rings (SSSR count). The Morgan fingerprint density at radius 3 is 2.33 bits per heavy atom. The highest BCUT2D eigenvalue weighted by molar-refractivity contribution is 7.13. The number of halogens is 3. The summed E-state index contributed by atoms with van der Waals surface area (Å²) in [5, 5.41) is 24.5. The van der Waals surface area contributed by atoms with Crippen LogP contribution in [0.2, 0.25) is 0 Å². The van der Waals surface area contributed by atoms with Gasteiger partial charge in [0.25, 0.3) is 17.4 Å². The molecule has 17 nitrogen and oxygen atoms in total. The van der Waals surface area contributed by atoms with Crippen LogP contribution in [0.15, 0.2) is 89.3 Å². The number of aliphatic hydroxyl groups is 1. The summed E-state index contributed by atoms with van der Waals surface area (Å²) >= 11 is 1.56. The molecule has 0 unspecified atom stereocenters. The molecule has 4 heterocycles. The smallest absolute Gasteiger partial charge is 0.416 e. The molecule has 1 saturated heterocycles. The summed E-state index contributed by atoms with van der Waals surface area (Å²) in [4.78, 5) is 90.9. The molecule has 0 aliphatic carbocycles. The van der Waals surface area contributed by atoms with Crippen molar-refractivity contribution >= 4 is 52.2 Å². The molecule has 73 heavy (non-hydrogen) atoms. The number of fused-ring (bicyclic) bond motifs is 1. The van der Waals surface area contributed by atoms with E-state index in [2.05, 4.69) is 36.3 Å². The number of nitrogens with one attached hydrogen (secondary N) is 5. The lowest BCUT2D eigenvalue weighted by Crippen LogP contribution is -2.57. The van der Waals surface area contributed by atoms with E-state index in [1.807, 2.05) is 52.0 Å². The molecule has 0 radical (unpaired) electrons. The predicted octanol–water partition coefficient (Wildman–Crippen LogP) is 6.49. The summed E-state index contributed by atoms with van der Waals surface area (Å²) in [5.74, 6) is -1.80. The molecular weight excluding hydrogens is 968 g/mol. The summed E-state index contributed by atoms with van der Waals surface area (Å²) in [7, 11) is 0. The van der Waals surface area contributed by atoms with Gasteiger partial charge in [0.05, 0.1) is 27.7 Å². The first-order chi connectivity index (χ1) is 34.7. The number of alkyl halides is 3. The normalized spacial score (nSPS) is 15.2. The third-order valence-electron chi connectivity index (χ3n) is 12.5. The maximum Gasteiger partial charge on any atom is 0.416 e. The third kappa shape index (κ3) is 13.4. The number of ether oxygens (including phenoxy) is 1. The van der Waals surface area contributed by atoms with Crippen molar-refractivity contribution < 1.29 is 47.0 Å². The molecule has 3 aromatic carbocycles. The summed E-state index contributed by atoms with van der Waals surface area (Å²) in [5.41, 5.74) is 2.99. The topological polar surface area (TPSA) is 229 Å². The lowest BCUT2D eigenvalue weighted by Gasteiger charge is -2.35. The highest BCUT2D eigenvalue weighted by Crippen LogP contribution is 2.33. The number of unbranched alkanes of at least 4 members (excludes halogenated alkanes) is 2. The van der Waals surface area contributed by atoms with Crippen molar-refractivity contribution in [2.75, 3.05) is 25.0 Å². The molecule has 1 aliphatic rings. The Labute approximate surface area is 422 Å². The number of benzene rings is 3. The lowest BCUT2D eigenvalue weighted by molar-refractivity contribution is -0.144. The molecule has 1 fully saturated rings. The van der Waals surface area contributed by atoms with Crippen LogP contribution in [0.1, 0.15) is 96.9 Å². The van der Waals surface area contributed by atoms with Gasteiger partial charge in [-0.25, -0.2) is 14.5 Å². The van der Waals surface area contributed by atoms with Crippen molar-refractivity contribution in [2.24, 2.45) is 5.41 Å². The van der Waals surface area contributed by atoms with E-state index >= 15 is 0 Å². The second-order valence-electron chi connectivity index (χ2n) is 19.0. The first-order valence-corrected chi connectivity index (χ1v) is 24.7. The molecule has 6 aromatic rings. The number of β-amino-alcohol motifs (C(OH)–C–C–N with tert-alkyl or cyclic N) is 1. The average Bonchev–Trinajstić information content (AvgIpc) is 4.09. The zero-order valence-corrected chi connectivity index (χ0v) is 41.8. The van der Waals surface area contributed by atoms with Crippen molar-refractivity contribution in [1.29, 1.82) is 0 Å². The number of thiazole rings is 1. The number of hydrogen-bond donors (Lipinski definition) is 6. The van der Waals surface area contributed by atoms with Crippen LogP contribution in [-0.2, 0) is 38.3 Å². The van der Waals surface area contributed by atoms with Gasteiger partial charge in [-0.05, 0) is 79.1 Å². The monoisotopic (exact) mass is 1030 g/mol. The van der Waals surface area contributed by atoms with Crippen molar-refractivity contribution in [3.63, 3.8) is 0 Å². The number of amides is 5. The molecule has 0 bridgehead atoms. The first-order valence-electron chi connectivity index (χ1n) is 23.8. The number of aryl methyl sites for hydroxylation is 2. The fourth-order valence-corrected chi connectivity index (χ4v) is 9.34. The van der Waals surface area contributed by atoms with Crippen molar-refractivity contribution in [1.82, 2.24) is 40.4 Å². The van der Waals surface area contributed by atoms with Crippen LogP contribution in [0.5, 0.6) is 5.75 Å². The van der Waals surface area contributed by atoms with Crippen LogP contribution in [0.25, 0.3) is 16.1 Å². The van der Waals surface area contributed by atoms with E-state index in [1.54, 1.807) is 41.1 Å². The highest BCUT2D eigenvalue weighted by atomic mass is 32.1. The second-order valence-corrected chi connectivity index (χ2v) is 19.9. The lowest BCUT2D eigenvalue weighted by atomic mass is 9.85. The number of aliphatic hydroxyl groups excluding tert-OH is 1. The van der Waals surface area contributed by atoms with Gasteiger partial charge in [0.1, 0.15) is 23.4 Å². The van der Waals surface area contributed by atoms with Gasteiger partial charge in [-0.15, -0.1) is 11.3 Å². The number of aromatic amines is 1. The summed E-state index contributed by atoms with van der Waals surface area (Å²) in [6, 6.07) is 17.1. The van der Waals surface area contributed by atoms with Crippen molar-refractivity contribution in [2.45, 2.75) is 104 Å². The quantitative estimate of drug-likeness (QED) is 0.0484. The number of nitrogens with zero attached hydrogens (tertiary/aromatic N) is 4. The number of likely N-dealkylation sites (tertiary alicyclic amines) is 1. The molecule has 5 amide bonds. The Hall–Kier alpha value is -7.39. The van der Waals surface area contributed by atoms with E-state index in [-0.39, 0.29) is 78.8 Å². The number of H-pyrrole nitrogens is 1. The molecule has 1 aliphatic heterocycles. The predicted molar refractivity (Wildman–Crippen MR) is 268 cm³/mol. The number of anilines is 1. The van der Waals surface area contributed by atoms with Crippen LogP contribution < -0.4 is 31.6 Å². The van der Waals surface area contributed by atoms with Crippen LogP contribution in [-0.4, -0.2) is 97.0 Å². The van der Waals surface area contributed by atoms with Crippen LogP contribution >= 0.6 is 11.3 Å². The molecule has 386 valence electrons. The van der Waals surface area contributed by atoms with Gasteiger partial charge in [-0.3, -0.25) is 33.9 Å². The SMILES string of the molecule is Cc1ncsc1-c1ccc(CNC(=O)[C@H]2C[C@H](O)CN2C(=O)[C@@H](NC(=O)CCCCCNC(=O)COc2ccc(NC(=O)c3c[nH]n4c(=O)c(Cc5ccccc5C(F)(F)F)c(C)nc34)cc2)C(C)(C)C)cc1. The average molecular weight is 1030 g/mol. The van der Waals surface area contributed by atoms with Gasteiger partial charge in [0.15, 0.2) is 12.3 Å². The van der Waals surface area contributed by atoms with Gasteiger partial charge < -0.3 is 36.0 Å². The van der Waals surface area contributed by atoms with E-state index in [0.717, 1.165) is 32.3 Å². The Bertz CT molecular complexity index is 3020. The van der Waals surface area contributed by atoms with Crippen LogP contribution in [0.3, 0.4) is 0 Å². The van der Waals surface area contributed by atoms with Crippen LogP contribution in [0, 0.1) is 19.3 Å². The molecule has 6 N–H and O–H groups in total. The number of carbonyl (C=O) groups excluding carboxylic acids is 5. The zero-order chi connectivity index (χ0) is 52.6. The summed E-state index contributed by atoms with van der Waals surface area (Å²) in [6.07, 6.45) is -2.65. The number of rotatable bonds is 19. The third-order valence-corrected chi connectivity index (χ3v) is 13.5. The van der Waals surface area contributed by atoms with Crippen LogP contribution in [0.4, 0.5) is 18.9 Å². The van der Waals surface area contributed by atoms with E-state index in [9.17, 15) is 47.0 Å². The minimum absolute atomic E-state index is 0.00151. The van der Waals surface area contributed by atoms with Gasteiger partial charge in [0.2, 0.25) is 17.7 Å². The van der Waals surface area contributed by atoms with E-state index in [1.165, 1.54) is 36.2 Å². The first kappa shape index (κ1) is 53.4. The molecule has 21 heteroatoms. The Morgan fingerprint density at radius 1 is 0.918 bits per heavy atom. The number of hydrogen-bond acceptors (Lipinski definition) is 11. The minimum atomic E-state index is -4.61.